The van der Waals surface area contributed by atoms with Crippen molar-refractivity contribution in [2.75, 3.05) is 6.54 Å². The van der Waals surface area contributed by atoms with Gasteiger partial charge in [0.15, 0.2) is 0 Å². The van der Waals surface area contributed by atoms with E-state index in [0.717, 1.165) is 0 Å². The fourth-order valence-electron chi connectivity index (χ4n) is 1.48. The number of rotatable bonds is 4. The van der Waals surface area contributed by atoms with E-state index in [1.54, 1.807) is 0 Å². The van der Waals surface area contributed by atoms with Crippen LogP contribution >= 0.6 is 0 Å². The minimum Gasteiger partial charge on any atom is -0.459 e. The van der Waals surface area contributed by atoms with Crippen LogP contribution in [0, 0.1) is 0 Å². The Labute approximate surface area is 79.6 Å². The predicted molar refractivity (Wildman–Crippen MR) is 52.1 cm³/mol. The van der Waals surface area contributed by atoms with Crippen LogP contribution in [0.3, 0.4) is 0 Å². The Morgan fingerprint density at radius 2 is 1.77 bits per heavy atom. The van der Waals surface area contributed by atoms with Gasteiger partial charge in [0.2, 0.25) is 0 Å². The zero-order chi connectivity index (χ0) is 10.7. The Bertz CT molecular complexity index is 183. The summed E-state index contributed by atoms with van der Waals surface area (Å²) in [7, 11) is 0. The molecular weight excluding hydrogens is 168 g/mol. The second kappa shape index (κ2) is 4.07. The van der Waals surface area contributed by atoms with Gasteiger partial charge in [0.05, 0.1) is 6.54 Å². The molecule has 0 aromatic heterocycles. The molecule has 4 heteroatoms. The van der Waals surface area contributed by atoms with Gasteiger partial charge in [0, 0.05) is 12.0 Å². The third-order valence-corrected chi connectivity index (χ3v) is 1.44. The number of nitrogens with two attached hydrogens (primary N) is 2. The van der Waals surface area contributed by atoms with E-state index in [1.165, 1.54) is 0 Å². The van der Waals surface area contributed by atoms with Gasteiger partial charge in [-0.3, -0.25) is 4.79 Å². The zero-order valence-corrected chi connectivity index (χ0v) is 8.89. The number of carbonyl (C=O) groups excluding carboxylic acids is 1. The molecule has 4 nitrogen and oxygen atoms in total. The van der Waals surface area contributed by atoms with Crippen LogP contribution in [0.15, 0.2) is 0 Å². The van der Waals surface area contributed by atoms with Crippen molar-refractivity contribution in [3.05, 3.63) is 0 Å². The second-order valence-corrected chi connectivity index (χ2v) is 4.60. The molecular formula is C9H20N2O2. The topological polar surface area (TPSA) is 78.3 Å². The van der Waals surface area contributed by atoms with Gasteiger partial charge in [-0.2, -0.15) is 0 Å². The molecule has 0 heterocycles. The van der Waals surface area contributed by atoms with E-state index < -0.39 is 11.6 Å². The molecule has 0 amide bonds. The molecule has 0 fully saturated rings. The van der Waals surface area contributed by atoms with Crippen LogP contribution in [0.4, 0.5) is 0 Å². The van der Waals surface area contributed by atoms with E-state index in [1.807, 2.05) is 27.7 Å². The van der Waals surface area contributed by atoms with Crippen LogP contribution in [0.25, 0.3) is 0 Å². The van der Waals surface area contributed by atoms with Gasteiger partial charge in [-0.05, 0) is 27.7 Å². The van der Waals surface area contributed by atoms with Crippen molar-refractivity contribution in [1.82, 2.24) is 0 Å². The average Bonchev–Trinajstić information content (AvgIpc) is 1.80. The monoisotopic (exact) mass is 188 g/mol. The van der Waals surface area contributed by atoms with Gasteiger partial charge in [-0.25, -0.2) is 0 Å². The lowest BCUT2D eigenvalue weighted by Gasteiger charge is -2.31. The van der Waals surface area contributed by atoms with Gasteiger partial charge in [-0.1, -0.05) is 0 Å². The van der Waals surface area contributed by atoms with Crippen LogP contribution in [-0.2, 0) is 9.53 Å². The van der Waals surface area contributed by atoms with Crippen LogP contribution in [0.1, 0.15) is 34.1 Å². The summed E-state index contributed by atoms with van der Waals surface area (Å²) in [6, 6.07) is 0. The Morgan fingerprint density at radius 1 is 1.31 bits per heavy atom. The van der Waals surface area contributed by atoms with Gasteiger partial charge >= 0.3 is 5.97 Å². The maximum atomic E-state index is 10.9. The fourth-order valence-corrected chi connectivity index (χ4v) is 1.48. The third-order valence-electron chi connectivity index (χ3n) is 1.44. The smallest absolute Gasteiger partial charge is 0.320 e. The van der Waals surface area contributed by atoms with Crippen molar-refractivity contribution in [2.24, 2.45) is 11.5 Å². The molecule has 0 spiro atoms. The normalized spacial score (nSPS) is 12.8. The molecule has 0 aromatic rings. The van der Waals surface area contributed by atoms with E-state index in [4.69, 9.17) is 16.2 Å². The first-order valence-corrected chi connectivity index (χ1v) is 4.37. The third kappa shape index (κ3) is 6.54. The Morgan fingerprint density at radius 3 is 2.08 bits per heavy atom. The summed E-state index contributed by atoms with van der Waals surface area (Å²) in [5, 5.41) is 0. The van der Waals surface area contributed by atoms with E-state index in [9.17, 15) is 4.79 Å². The molecule has 4 N–H and O–H groups in total. The van der Waals surface area contributed by atoms with E-state index in [-0.39, 0.29) is 12.1 Å². The number of hydrogen-bond acceptors (Lipinski definition) is 4. The first-order valence-electron chi connectivity index (χ1n) is 4.37. The van der Waals surface area contributed by atoms with Crippen molar-refractivity contribution >= 4 is 5.97 Å². The number of esters is 1. The van der Waals surface area contributed by atoms with E-state index >= 15 is 0 Å². The molecule has 0 saturated heterocycles. The highest BCUT2D eigenvalue weighted by molar-refractivity contribution is 5.71. The minimum atomic E-state index is -0.547. The van der Waals surface area contributed by atoms with Crippen LogP contribution in [0.5, 0.6) is 0 Å². The Hall–Kier alpha value is -0.610. The lowest BCUT2D eigenvalue weighted by molar-refractivity contribution is -0.156. The summed E-state index contributed by atoms with van der Waals surface area (Å²) < 4.78 is 5.12. The largest absolute Gasteiger partial charge is 0.459 e. The van der Waals surface area contributed by atoms with Crippen molar-refractivity contribution in [1.29, 1.82) is 0 Å². The summed E-state index contributed by atoms with van der Waals surface area (Å²) in [5.74, 6) is -0.394. The van der Waals surface area contributed by atoms with Crippen molar-refractivity contribution < 1.29 is 9.53 Å². The second-order valence-electron chi connectivity index (χ2n) is 4.60. The summed E-state index contributed by atoms with van der Waals surface area (Å²) in [6.07, 6.45) is 0.603. The SMILES string of the molecule is CC(C)(N)CC(C)(C)OC(=O)CN. The quantitative estimate of drug-likeness (QED) is 0.626. The molecule has 13 heavy (non-hydrogen) atoms. The lowest BCUT2D eigenvalue weighted by Crippen LogP contribution is -2.43. The van der Waals surface area contributed by atoms with Crippen molar-refractivity contribution in [3.8, 4) is 0 Å². The Balaban J connectivity index is 4.16. The molecule has 0 aromatic carbocycles. The molecule has 0 saturated carbocycles. The van der Waals surface area contributed by atoms with Gasteiger partial charge in [0.25, 0.3) is 0 Å². The van der Waals surface area contributed by atoms with Crippen molar-refractivity contribution in [3.63, 3.8) is 0 Å². The lowest BCUT2D eigenvalue weighted by atomic mass is 9.90. The molecule has 0 aliphatic heterocycles. The van der Waals surface area contributed by atoms with Gasteiger partial charge < -0.3 is 16.2 Å². The molecule has 0 rings (SSSR count). The van der Waals surface area contributed by atoms with Crippen LogP contribution in [0.2, 0.25) is 0 Å². The first kappa shape index (κ1) is 12.4. The zero-order valence-electron chi connectivity index (χ0n) is 8.89. The highest BCUT2D eigenvalue weighted by atomic mass is 16.6. The van der Waals surface area contributed by atoms with E-state index in [0.29, 0.717) is 6.42 Å². The summed E-state index contributed by atoms with van der Waals surface area (Å²) in [5.41, 5.74) is 10.1. The molecule has 0 unspecified atom stereocenters. The highest BCUT2D eigenvalue weighted by Crippen LogP contribution is 2.21. The molecule has 0 aliphatic rings. The van der Waals surface area contributed by atoms with Crippen molar-refractivity contribution in [2.45, 2.75) is 45.3 Å². The number of ether oxygens (including phenoxy) is 1. The van der Waals surface area contributed by atoms with E-state index in [2.05, 4.69) is 0 Å². The molecule has 0 radical (unpaired) electrons. The fraction of sp³-hybridized carbons (Fsp3) is 0.889. The highest BCUT2D eigenvalue weighted by Gasteiger charge is 2.28. The molecule has 0 atom stereocenters. The maximum absolute atomic E-state index is 10.9. The summed E-state index contributed by atoms with van der Waals surface area (Å²) in [6.45, 7) is 7.36. The molecule has 78 valence electrons. The maximum Gasteiger partial charge on any atom is 0.320 e. The predicted octanol–water partition coefficient (Wildman–Crippen LogP) is 0.394. The molecule has 0 bridgehead atoms. The summed E-state index contributed by atoms with van der Waals surface area (Å²) >= 11 is 0. The number of carbonyl (C=O) groups is 1. The summed E-state index contributed by atoms with van der Waals surface area (Å²) in [4.78, 5) is 10.9. The number of hydrogen-bond donors (Lipinski definition) is 2. The van der Waals surface area contributed by atoms with Gasteiger partial charge in [0.1, 0.15) is 5.60 Å². The minimum absolute atomic E-state index is 0.0889. The first-order chi connectivity index (χ1) is 5.66. The van der Waals surface area contributed by atoms with Crippen LogP contribution < -0.4 is 11.5 Å². The van der Waals surface area contributed by atoms with Crippen LogP contribution in [-0.4, -0.2) is 23.7 Å². The Kier molecular flexibility index (Phi) is 3.88. The average molecular weight is 188 g/mol. The molecule has 0 aliphatic carbocycles. The van der Waals surface area contributed by atoms with Gasteiger partial charge in [-0.15, -0.1) is 0 Å². The standard InChI is InChI=1S/C9H20N2O2/c1-8(2,11)6-9(3,4)13-7(12)5-10/h5-6,10-11H2,1-4H3.